The molecule has 6 heteroatoms. The number of benzene rings is 2. The molecule has 1 heterocycles. The molecule has 0 fully saturated rings. The first kappa shape index (κ1) is 19.9. The summed E-state index contributed by atoms with van der Waals surface area (Å²) in [6.07, 6.45) is 2.07. The van der Waals surface area contributed by atoms with Gasteiger partial charge in [0.05, 0.1) is 11.0 Å². The lowest BCUT2D eigenvalue weighted by atomic mass is 9.70. The van der Waals surface area contributed by atoms with Gasteiger partial charge >= 0.3 is 0 Å². The smallest absolute Gasteiger partial charge is 0.210 e. The Labute approximate surface area is 166 Å². The summed E-state index contributed by atoms with van der Waals surface area (Å²) in [4.78, 5) is 2.49. The number of nitrogens with zero attached hydrogens (tertiary/aromatic N) is 1. The van der Waals surface area contributed by atoms with E-state index >= 15 is 0 Å². The highest BCUT2D eigenvalue weighted by Gasteiger charge is 2.39. The Morgan fingerprint density at radius 2 is 1.81 bits per heavy atom. The molecule has 0 spiro atoms. The molecule has 0 saturated heterocycles. The number of hydrogen-bond acceptors (Lipinski definition) is 4. The van der Waals surface area contributed by atoms with Gasteiger partial charge in [0.2, 0.25) is 10.0 Å². The third-order valence-corrected chi connectivity index (χ3v) is 8.18. The van der Waals surface area contributed by atoms with E-state index in [0.717, 1.165) is 23.3 Å². The fraction of sp³-hybridized carbons (Fsp3) is 0.381. The van der Waals surface area contributed by atoms with Gasteiger partial charge in [0.1, 0.15) is 0 Å². The first-order valence-electron chi connectivity index (χ1n) is 9.18. The predicted octanol–water partition coefficient (Wildman–Crippen LogP) is 4.76. The summed E-state index contributed by atoms with van der Waals surface area (Å²) in [6, 6.07) is 14.2. The highest BCUT2D eigenvalue weighted by molar-refractivity contribution is 7.99. The maximum absolute atomic E-state index is 12.7. The van der Waals surface area contributed by atoms with Crippen LogP contribution in [0.5, 0.6) is 0 Å². The van der Waals surface area contributed by atoms with Crippen molar-refractivity contribution in [1.29, 1.82) is 5.26 Å². The predicted molar refractivity (Wildman–Crippen MR) is 109 cm³/mol. The van der Waals surface area contributed by atoms with E-state index < -0.39 is 10.0 Å². The molecule has 2 aromatic carbocycles. The van der Waals surface area contributed by atoms with Crippen molar-refractivity contribution in [3.63, 3.8) is 0 Å². The number of hydrogen-bond donors (Lipinski definition) is 1. The van der Waals surface area contributed by atoms with Gasteiger partial charge in [0.15, 0.2) is 0 Å². The van der Waals surface area contributed by atoms with E-state index in [9.17, 15) is 8.42 Å². The van der Waals surface area contributed by atoms with Crippen molar-refractivity contribution in [3.8, 4) is 6.07 Å². The Bertz CT molecular complexity index is 1000. The zero-order chi connectivity index (χ0) is 19.7. The summed E-state index contributed by atoms with van der Waals surface area (Å²) >= 11 is 1.64. The second-order valence-corrected chi connectivity index (χ2v) is 9.63. The van der Waals surface area contributed by atoms with Gasteiger partial charge in [-0.2, -0.15) is 5.26 Å². The fourth-order valence-corrected chi connectivity index (χ4v) is 6.62. The molecule has 0 bridgehead atoms. The molecule has 0 aromatic heterocycles. The summed E-state index contributed by atoms with van der Waals surface area (Å²) in [5, 5.41) is 8.66. The molecule has 1 aliphatic heterocycles. The van der Waals surface area contributed by atoms with Crippen LogP contribution in [0.3, 0.4) is 0 Å². The Morgan fingerprint density at radius 3 is 2.48 bits per heavy atom. The van der Waals surface area contributed by atoms with Crippen LogP contribution in [0.1, 0.15) is 49.8 Å². The van der Waals surface area contributed by atoms with Gasteiger partial charge in [-0.25, -0.2) is 13.1 Å². The van der Waals surface area contributed by atoms with Crippen LogP contribution >= 0.6 is 11.8 Å². The second-order valence-electron chi connectivity index (χ2n) is 6.81. The molecule has 0 saturated carbocycles. The van der Waals surface area contributed by atoms with Crippen LogP contribution in [-0.2, 0) is 15.4 Å². The zero-order valence-electron chi connectivity index (χ0n) is 15.9. The molecule has 27 heavy (non-hydrogen) atoms. The van der Waals surface area contributed by atoms with Crippen molar-refractivity contribution < 1.29 is 8.42 Å². The van der Waals surface area contributed by atoms with Gasteiger partial charge in [0, 0.05) is 28.2 Å². The SMILES string of the molecule is CCC1(CC)c2ccccc2Sc2cc(S(=O)(=O)NCCC#N)c(C)cc21. The Hall–Kier alpha value is -1.81. The molecule has 0 amide bonds. The monoisotopic (exact) mass is 400 g/mol. The molecule has 0 unspecified atom stereocenters. The summed E-state index contributed by atoms with van der Waals surface area (Å²) in [7, 11) is -3.64. The lowest BCUT2D eigenvalue weighted by Crippen LogP contribution is -2.31. The van der Waals surface area contributed by atoms with E-state index in [-0.39, 0.29) is 18.4 Å². The molecule has 1 N–H and O–H groups in total. The highest BCUT2D eigenvalue weighted by atomic mass is 32.2. The van der Waals surface area contributed by atoms with Crippen LogP contribution in [0.25, 0.3) is 0 Å². The quantitative estimate of drug-likeness (QED) is 0.710. The van der Waals surface area contributed by atoms with Crippen LogP contribution in [0.15, 0.2) is 51.1 Å². The molecule has 0 atom stereocenters. The lowest BCUT2D eigenvalue weighted by Gasteiger charge is -2.40. The molecule has 0 aliphatic carbocycles. The maximum atomic E-state index is 12.7. The first-order valence-corrected chi connectivity index (χ1v) is 11.5. The third kappa shape index (κ3) is 3.40. The first-order chi connectivity index (χ1) is 12.9. The van der Waals surface area contributed by atoms with Gasteiger partial charge in [-0.1, -0.05) is 49.9 Å². The summed E-state index contributed by atoms with van der Waals surface area (Å²) < 4.78 is 28.0. The second kappa shape index (κ2) is 7.67. The number of aryl methyl sites for hydroxylation is 1. The van der Waals surface area contributed by atoms with E-state index in [1.54, 1.807) is 17.8 Å². The maximum Gasteiger partial charge on any atom is 0.240 e. The minimum absolute atomic E-state index is 0.0987. The van der Waals surface area contributed by atoms with Crippen molar-refractivity contribution in [1.82, 2.24) is 4.72 Å². The minimum atomic E-state index is -3.64. The fourth-order valence-electron chi connectivity index (χ4n) is 3.96. The average Bonchev–Trinajstić information content (AvgIpc) is 2.66. The van der Waals surface area contributed by atoms with Crippen molar-refractivity contribution in [2.75, 3.05) is 6.54 Å². The standard InChI is InChI=1S/C21H24N2O2S2/c1-4-21(5-2)16-9-6-7-10-18(16)26-19-14-20(15(3)13-17(19)21)27(24,25)23-12-8-11-22/h6-7,9-10,13-14,23H,4-5,8,12H2,1-3H3. The van der Waals surface area contributed by atoms with E-state index in [1.807, 2.05) is 25.1 Å². The van der Waals surface area contributed by atoms with Crippen LogP contribution in [0.2, 0.25) is 0 Å². The average molecular weight is 401 g/mol. The van der Waals surface area contributed by atoms with E-state index in [1.165, 1.54) is 16.0 Å². The molecule has 4 nitrogen and oxygen atoms in total. The summed E-state index contributed by atoms with van der Waals surface area (Å²) in [6.45, 7) is 6.37. The summed E-state index contributed by atoms with van der Waals surface area (Å²) in [5.74, 6) is 0. The van der Waals surface area contributed by atoms with Gasteiger partial charge in [-0.15, -0.1) is 0 Å². The Kier molecular flexibility index (Phi) is 5.66. The molecular formula is C21H24N2O2S2. The summed E-state index contributed by atoms with van der Waals surface area (Å²) in [5.41, 5.74) is 3.18. The van der Waals surface area contributed by atoms with Crippen molar-refractivity contribution >= 4 is 21.8 Å². The number of fused-ring (bicyclic) bond motifs is 2. The largest absolute Gasteiger partial charge is 0.240 e. The molecule has 2 aromatic rings. The molecule has 142 valence electrons. The number of sulfonamides is 1. The van der Waals surface area contributed by atoms with Crippen LogP contribution in [0.4, 0.5) is 0 Å². The van der Waals surface area contributed by atoms with Gasteiger partial charge in [-0.3, -0.25) is 0 Å². The normalized spacial score (nSPS) is 14.9. The van der Waals surface area contributed by atoms with E-state index in [4.69, 9.17) is 5.26 Å². The topological polar surface area (TPSA) is 70.0 Å². The van der Waals surface area contributed by atoms with Gasteiger partial charge in [-0.05, 0) is 48.6 Å². The van der Waals surface area contributed by atoms with Crippen molar-refractivity contribution in [2.45, 2.75) is 60.1 Å². The molecule has 1 aliphatic rings. The number of nitrogens with one attached hydrogen (secondary N) is 1. The highest BCUT2D eigenvalue weighted by Crippen LogP contribution is 2.53. The lowest BCUT2D eigenvalue weighted by molar-refractivity contribution is 0.457. The van der Waals surface area contributed by atoms with Crippen molar-refractivity contribution in [3.05, 3.63) is 53.1 Å². The van der Waals surface area contributed by atoms with Gasteiger partial charge in [0.25, 0.3) is 0 Å². The molecular weight excluding hydrogens is 376 g/mol. The van der Waals surface area contributed by atoms with Crippen LogP contribution in [-0.4, -0.2) is 15.0 Å². The minimum Gasteiger partial charge on any atom is -0.210 e. The van der Waals surface area contributed by atoms with E-state index in [2.05, 4.69) is 36.8 Å². The number of nitriles is 1. The van der Waals surface area contributed by atoms with Crippen LogP contribution in [0, 0.1) is 18.3 Å². The Balaban J connectivity index is 2.15. The van der Waals surface area contributed by atoms with Gasteiger partial charge < -0.3 is 0 Å². The van der Waals surface area contributed by atoms with Crippen LogP contribution < -0.4 is 4.72 Å². The zero-order valence-corrected chi connectivity index (χ0v) is 17.5. The molecule has 0 radical (unpaired) electrons. The molecule has 3 rings (SSSR count). The number of rotatable bonds is 6. The Morgan fingerprint density at radius 1 is 1.11 bits per heavy atom. The third-order valence-electron chi connectivity index (χ3n) is 5.44. The van der Waals surface area contributed by atoms with E-state index in [0.29, 0.717) is 4.90 Å². The van der Waals surface area contributed by atoms with Crippen molar-refractivity contribution in [2.24, 2.45) is 0 Å².